The van der Waals surface area contributed by atoms with Crippen LogP contribution in [0.25, 0.3) is 0 Å². The van der Waals surface area contributed by atoms with Crippen LogP contribution in [-0.4, -0.2) is 11.9 Å². The van der Waals surface area contributed by atoms with Crippen LogP contribution in [0.1, 0.15) is 0 Å². The number of carbonyl (C=O) groups is 2. The number of ether oxygens (including phenoxy) is 1. The third kappa shape index (κ3) is 0.578. The van der Waals surface area contributed by atoms with Crippen molar-refractivity contribution in [1.29, 1.82) is 0 Å². The molecule has 1 aliphatic rings. The van der Waals surface area contributed by atoms with Crippen LogP contribution in [0.4, 0.5) is 0 Å². The van der Waals surface area contributed by atoms with Crippen molar-refractivity contribution in [2.75, 3.05) is 0 Å². The molecule has 0 atom stereocenters. The summed E-state index contributed by atoms with van der Waals surface area (Å²) < 4.78 is 3.86. The molecule has 0 radical (unpaired) electrons. The van der Waals surface area contributed by atoms with Crippen molar-refractivity contribution in [1.82, 2.24) is 0 Å². The van der Waals surface area contributed by atoms with Crippen LogP contribution in [0.5, 0.6) is 0 Å². The molecule has 0 aliphatic carbocycles. The second-order valence-corrected chi connectivity index (χ2v) is 0.927. The van der Waals surface area contributed by atoms with Gasteiger partial charge in [-0.2, -0.15) is 0 Å². The average Bonchev–Trinajstić information content (AvgIpc) is 1.87. The molecule has 0 aromatic rings. The molecule has 0 bridgehead atoms. The van der Waals surface area contributed by atoms with Gasteiger partial charge in [0, 0.05) is 11.8 Å². The standard InChI is InChI=1S/C4O3/c5-3-1-2-4(6)7-3. The first-order valence-corrected chi connectivity index (χ1v) is 1.57. The Kier molecular flexibility index (Phi) is 0.601. The highest BCUT2D eigenvalue weighted by atomic mass is 16.6. The Labute approximate surface area is 39.3 Å². The van der Waals surface area contributed by atoms with E-state index in [4.69, 9.17) is 0 Å². The third-order valence-electron chi connectivity index (χ3n) is 0.452. The molecular weight excluding hydrogens is 96.0 g/mol. The summed E-state index contributed by atoms with van der Waals surface area (Å²) in [5.41, 5.74) is 0. The molecule has 0 saturated carbocycles. The quantitative estimate of drug-likeness (QED) is 0.169. The molecule has 0 amide bonds. The minimum absolute atomic E-state index is 0.759. The van der Waals surface area contributed by atoms with E-state index in [-0.39, 0.29) is 0 Å². The first kappa shape index (κ1) is 3.88. The highest BCUT2D eigenvalue weighted by molar-refractivity contribution is 6.10. The lowest BCUT2D eigenvalue weighted by molar-refractivity contribution is -0.149. The van der Waals surface area contributed by atoms with Gasteiger partial charge >= 0.3 is 11.9 Å². The minimum atomic E-state index is -0.759. The Morgan fingerprint density at radius 1 is 1.14 bits per heavy atom. The minimum Gasteiger partial charge on any atom is -0.373 e. The lowest BCUT2D eigenvalue weighted by Gasteiger charge is -1.78. The number of hydrogen-bond donors (Lipinski definition) is 0. The van der Waals surface area contributed by atoms with E-state index in [1.165, 1.54) is 0 Å². The molecule has 0 fully saturated rings. The Bertz CT molecular complexity index is 163. The molecule has 0 spiro atoms. The van der Waals surface area contributed by atoms with Crippen LogP contribution >= 0.6 is 0 Å². The Hall–Kier alpha value is -1.30. The number of carbonyl (C=O) groups excluding carboxylic acids is 2. The first-order valence-electron chi connectivity index (χ1n) is 1.57. The fraction of sp³-hybridized carbons (Fsp3) is 0. The largest absolute Gasteiger partial charge is 0.393 e. The van der Waals surface area contributed by atoms with Gasteiger partial charge in [-0.05, 0) is 0 Å². The Morgan fingerprint density at radius 2 is 1.57 bits per heavy atom. The van der Waals surface area contributed by atoms with Gasteiger partial charge in [0.25, 0.3) is 0 Å². The van der Waals surface area contributed by atoms with E-state index in [9.17, 15) is 9.59 Å². The monoisotopic (exact) mass is 96.0 g/mol. The van der Waals surface area contributed by atoms with Crippen molar-refractivity contribution in [2.24, 2.45) is 0 Å². The second kappa shape index (κ2) is 1.09. The van der Waals surface area contributed by atoms with Gasteiger partial charge in [-0.1, -0.05) is 0 Å². The van der Waals surface area contributed by atoms with Gasteiger partial charge in [0.05, 0.1) is 0 Å². The van der Waals surface area contributed by atoms with Gasteiger partial charge in [0.15, 0.2) is 0 Å². The molecule has 7 heavy (non-hydrogen) atoms. The predicted octanol–water partition coefficient (Wildman–Crippen LogP) is -0.927. The molecule has 0 unspecified atom stereocenters. The second-order valence-electron chi connectivity index (χ2n) is 0.927. The Morgan fingerprint density at radius 3 is 1.71 bits per heavy atom. The zero-order valence-electron chi connectivity index (χ0n) is 3.22. The lowest BCUT2D eigenvalue weighted by atomic mass is 10.6. The molecule has 0 saturated heterocycles. The summed E-state index contributed by atoms with van der Waals surface area (Å²) in [4.78, 5) is 19.7. The van der Waals surface area contributed by atoms with Gasteiger partial charge in [0.2, 0.25) is 0 Å². The summed E-state index contributed by atoms with van der Waals surface area (Å²) in [5.74, 6) is 2.30. The lowest BCUT2D eigenvalue weighted by Crippen LogP contribution is -1.98. The van der Waals surface area contributed by atoms with Gasteiger partial charge in [-0.25, -0.2) is 9.59 Å². The zero-order chi connectivity index (χ0) is 5.28. The van der Waals surface area contributed by atoms with E-state index in [0.29, 0.717) is 0 Å². The van der Waals surface area contributed by atoms with Crippen molar-refractivity contribution in [3.05, 3.63) is 0 Å². The van der Waals surface area contributed by atoms with E-state index in [0.717, 1.165) is 0 Å². The highest BCUT2D eigenvalue weighted by Crippen LogP contribution is 1.83. The molecule has 1 heterocycles. The summed E-state index contributed by atoms with van der Waals surface area (Å²) in [7, 11) is 0. The van der Waals surface area contributed by atoms with Crippen LogP contribution in [0.2, 0.25) is 0 Å². The van der Waals surface area contributed by atoms with Crippen LogP contribution in [0.3, 0.4) is 0 Å². The van der Waals surface area contributed by atoms with Crippen molar-refractivity contribution < 1.29 is 14.3 Å². The summed E-state index contributed by atoms with van der Waals surface area (Å²) in [6, 6.07) is 0. The number of esters is 2. The molecule has 1 rings (SSSR count). The molecule has 0 N–H and O–H groups in total. The summed E-state index contributed by atoms with van der Waals surface area (Å²) in [6.07, 6.45) is 0. The van der Waals surface area contributed by atoms with Crippen LogP contribution in [0, 0.1) is 11.8 Å². The molecular formula is C4O3. The van der Waals surface area contributed by atoms with Gasteiger partial charge < -0.3 is 4.74 Å². The predicted molar refractivity (Wildman–Crippen MR) is 18.9 cm³/mol. The van der Waals surface area contributed by atoms with E-state index in [1.807, 2.05) is 11.8 Å². The molecule has 1 aliphatic heterocycles. The molecule has 0 aromatic carbocycles. The zero-order valence-corrected chi connectivity index (χ0v) is 3.22. The fourth-order valence-electron chi connectivity index (χ4n) is 0.237. The maximum Gasteiger partial charge on any atom is 0.393 e. The SMILES string of the molecule is O=C1C#CC(=O)O1. The maximum atomic E-state index is 9.84. The maximum absolute atomic E-state index is 9.84. The van der Waals surface area contributed by atoms with Gasteiger partial charge in [-0.15, -0.1) is 0 Å². The molecule has 3 nitrogen and oxygen atoms in total. The summed E-state index contributed by atoms with van der Waals surface area (Å²) in [6.45, 7) is 0. The van der Waals surface area contributed by atoms with E-state index < -0.39 is 11.9 Å². The van der Waals surface area contributed by atoms with Gasteiger partial charge in [-0.3, -0.25) is 0 Å². The van der Waals surface area contributed by atoms with Crippen LogP contribution in [0.15, 0.2) is 0 Å². The normalized spacial score (nSPS) is 15.4. The van der Waals surface area contributed by atoms with E-state index in [1.54, 1.807) is 0 Å². The first-order chi connectivity index (χ1) is 3.29. The number of hydrogen-bond acceptors (Lipinski definition) is 3. The van der Waals surface area contributed by atoms with Crippen molar-refractivity contribution in [3.8, 4) is 11.8 Å². The van der Waals surface area contributed by atoms with Gasteiger partial charge in [0.1, 0.15) is 0 Å². The van der Waals surface area contributed by atoms with Crippen molar-refractivity contribution >= 4 is 11.9 Å². The smallest absolute Gasteiger partial charge is 0.373 e. The Balaban J connectivity index is 2.84. The van der Waals surface area contributed by atoms with Crippen molar-refractivity contribution in [2.45, 2.75) is 0 Å². The topological polar surface area (TPSA) is 43.4 Å². The molecule has 3 heteroatoms. The number of rotatable bonds is 0. The van der Waals surface area contributed by atoms with Crippen molar-refractivity contribution in [3.63, 3.8) is 0 Å². The van der Waals surface area contributed by atoms with E-state index >= 15 is 0 Å². The fourth-order valence-corrected chi connectivity index (χ4v) is 0.237. The van der Waals surface area contributed by atoms with Crippen LogP contribution < -0.4 is 0 Å². The summed E-state index contributed by atoms with van der Waals surface area (Å²) in [5, 5.41) is 0. The summed E-state index contributed by atoms with van der Waals surface area (Å²) >= 11 is 0. The van der Waals surface area contributed by atoms with Crippen LogP contribution in [-0.2, 0) is 14.3 Å². The van der Waals surface area contributed by atoms with E-state index in [2.05, 4.69) is 4.74 Å². The molecule has 34 valence electrons. The highest BCUT2D eigenvalue weighted by Gasteiger charge is 2.09. The third-order valence-corrected chi connectivity index (χ3v) is 0.452. The molecule has 0 aromatic heterocycles. The number of cyclic esters (lactones) is 2. The average molecular weight is 96.0 g/mol.